The Morgan fingerprint density at radius 2 is 1.44 bits per heavy atom. The molecule has 0 amide bonds. The van der Waals surface area contributed by atoms with E-state index in [1.165, 1.54) is 13.8 Å². The molecule has 0 rings (SSSR count). The highest BCUT2D eigenvalue weighted by Crippen LogP contribution is 1.97. The van der Waals surface area contributed by atoms with Crippen molar-refractivity contribution in [1.82, 2.24) is 0 Å². The van der Waals surface area contributed by atoms with E-state index in [0.29, 0.717) is 13.0 Å². The molecule has 148 valence electrons. The number of carboxylic acid groups (broad SMARTS) is 3. The predicted molar refractivity (Wildman–Crippen MR) is 88.7 cm³/mol. The van der Waals surface area contributed by atoms with Crippen molar-refractivity contribution in [3.05, 3.63) is 0 Å². The lowest BCUT2D eigenvalue weighted by atomic mass is 10.1. The number of carboxylic acids is 3. The van der Waals surface area contributed by atoms with Crippen LogP contribution in [0, 0.1) is 0 Å². The molecule has 0 aromatic heterocycles. The van der Waals surface area contributed by atoms with Gasteiger partial charge >= 0.3 is 17.9 Å². The zero-order chi connectivity index (χ0) is 20.6. The summed E-state index contributed by atoms with van der Waals surface area (Å²) < 4.78 is 0. The number of unbranched alkanes of at least 4 members (excludes halogenated alkanes) is 1. The molecule has 0 radical (unpaired) electrons. The van der Waals surface area contributed by atoms with E-state index in [-0.39, 0.29) is 6.42 Å². The van der Waals surface area contributed by atoms with Crippen LogP contribution in [0.2, 0.25) is 0 Å². The van der Waals surface area contributed by atoms with Gasteiger partial charge in [0.25, 0.3) is 0 Å². The molecule has 0 aromatic rings. The molecule has 0 bridgehead atoms. The van der Waals surface area contributed by atoms with Crippen LogP contribution in [0.5, 0.6) is 0 Å². The first kappa shape index (κ1) is 27.8. The van der Waals surface area contributed by atoms with Crippen LogP contribution in [0.3, 0.4) is 0 Å². The Kier molecular flexibility index (Phi) is 18.6. The number of Topliss-reactive ketones (excluding diaryl/α,β-unsaturated/α-hetero) is 1. The van der Waals surface area contributed by atoms with Crippen molar-refractivity contribution < 1.29 is 39.6 Å². The molecule has 0 aliphatic rings. The second kappa shape index (κ2) is 16.8. The Balaban J connectivity index is -0.000000296. The zero-order valence-corrected chi connectivity index (χ0v) is 14.4. The van der Waals surface area contributed by atoms with Gasteiger partial charge in [0.1, 0.15) is 12.1 Å². The van der Waals surface area contributed by atoms with Crippen molar-refractivity contribution in [3.63, 3.8) is 0 Å². The number of aliphatic carboxylic acids is 3. The fourth-order valence-electron chi connectivity index (χ4n) is 0.990. The van der Waals surface area contributed by atoms with Gasteiger partial charge in [0.2, 0.25) is 5.78 Å². The van der Waals surface area contributed by atoms with Crippen molar-refractivity contribution in [2.24, 2.45) is 17.2 Å². The van der Waals surface area contributed by atoms with Crippen LogP contribution in [0.25, 0.3) is 0 Å². The highest BCUT2D eigenvalue weighted by atomic mass is 16.4. The maximum Gasteiger partial charge on any atom is 0.372 e. The Bertz CT molecular complexity index is 415. The van der Waals surface area contributed by atoms with Gasteiger partial charge in [-0.3, -0.25) is 14.4 Å². The van der Waals surface area contributed by atoms with Crippen LogP contribution >= 0.6 is 0 Å². The van der Waals surface area contributed by atoms with Crippen LogP contribution in [0.4, 0.5) is 0 Å². The lowest BCUT2D eigenvalue weighted by molar-refractivity contribution is -0.148. The van der Waals surface area contributed by atoms with Crippen molar-refractivity contribution >= 4 is 23.7 Å². The van der Waals surface area contributed by atoms with Gasteiger partial charge in [-0.2, -0.15) is 0 Å². The topological polar surface area (TPSA) is 227 Å². The number of aliphatic hydroxyl groups is 1. The smallest absolute Gasteiger partial charge is 0.372 e. The van der Waals surface area contributed by atoms with E-state index in [1.54, 1.807) is 0 Å². The van der Waals surface area contributed by atoms with Crippen molar-refractivity contribution in [1.29, 1.82) is 0 Å². The van der Waals surface area contributed by atoms with Crippen molar-refractivity contribution in [2.75, 3.05) is 6.54 Å². The number of aliphatic hydroxyl groups excluding tert-OH is 1. The normalized spacial score (nSPS) is 13.0. The quantitative estimate of drug-likeness (QED) is 0.180. The molecule has 0 saturated heterocycles. The second-order valence-corrected chi connectivity index (χ2v) is 4.92. The SMILES string of the molecule is CCC(=O)C(=O)O.C[C@@H](O)[C@H](N)C(=O)O.NCCCC[C@H](N)C(=O)O. The van der Waals surface area contributed by atoms with E-state index < -0.39 is 41.9 Å². The van der Waals surface area contributed by atoms with E-state index in [1.807, 2.05) is 0 Å². The largest absolute Gasteiger partial charge is 0.480 e. The molecule has 25 heavy (non-hydrogen) atoms. The van der Waals surface area contributed by atoms with Crippen molar-refractivity contribution in [2.45, 2.75) is 57.7 Å². The van der Waals surface area contributed by atoms with E-state index in [0.717, 1.165) is 12.8 Å². The second-order valence-electron chi connectivity index (χ2n) is 4.92. The molecule has 3 atom stereocenters. The minimum Gasteiger partial charge on any atom is -0.480 e. The summed E-state index contributed by atoms with van der Waals surface area (Å²) in [6.45, 7) is 3.45. The molecular weight excluding hydrogens is 338 g/mol. The Hall–Kier alpha value is -2.08. The van der Waals surface area contributed by atoms with Gasteiger partial charge < -0.3 is 37.6 Å². The standard InChI is InChI=1S/C6H14N2O2.C4H9NO3.C4H6O3/c7-4-2-1-3-5(8)6(9)10;1-2(6)3(5)4(7)8;1-2-3(5)4(6)7/h5H,1-4,7-8H2,(H,9,10);2-3,6H,5H2,1H3,(H,7,8);2H2,1H3,(H,6,7)/t5-;2-,3+;/m01./s1. The molecule has 10 N–H and O–H groups in total. The third kappa shape index (κ3) is 19.9. The average molecular weight is 367 g/mol. The first-order chi connectivity index (χ1) is 11.4. The average Bonchev–Trinajstić information content (AvgIpc) is 2.54. The van der Waals surface area contributed by atoms with Gasteiger partial charge in [-0.25, -0.2) is 4.79 Å². The van der Waals surface area contributed by atoms with Gasteiger partial charge in [0.05, 0.1) is 6.10 Å². The predicted octanol–water partition coefficient (Wildman–Crippen LogP) is -1.64. The molecule has 0 aromatic carbocycles. The highest BCUT2D eigenvalue weighted by molar-refractivity contribution is 6.32. The molecule has 0 aliphatic heterocycles. The number of carbonyl (C=O) groups excluding carboxylic acids is 1. The highest BCUT2D eigenvalue weighted by Gasteiger charge is 2.16. The Labute approximate surface area is 145 Å². The summed E-state index contributed by atoms with van der Waals surface area (Å²) in [4.78, 5) is 39.5. The Morgan fingerprint density at radius 3 is 1.60 bits per heavy atom. The van der Waals surface area contributed by atoms with Gasteiger partial charge in [-0.05, 0) is 26.3 Å². The number of carbonyl (C=O) groups is 4. The molecule has 0 fully saturated rings. The number of hydrogen-bond acceptors (Lipinski definition) is 8. The first-order valence-electron chi connectivity index (χ1n) is 7.53. The Morgan fingerprint density at radius 1 is 0.960 bits per heavy atom. The summed E-state index contributed by atoms with van der Waals surface area (Å²) in [7, 11) is 0. The molecule has 0 unspecified atom stereocenters. The van der Waals surface area contributed by atoms with Crippen LogP contribution in [-0.4, -0.2) is 68.8 Å². The molecule has 0 heterocycles. The lowest BCUT2D eigenvalue weighted by Crippen LogP contribution is -2.39. The summed E-state index contributed by atoms with van der Waals surface area (Å²) in [6, 6.07) is -1.87. The maximum atomic E-state index is 10.1. The molecule has 11 heteroatoms. The van der Waals surface area contributed by atoms with Crippen LogP contribution in [-0.2, 0) is 19.2 Å². The summed E-state index contributed by atoms with van der Waals surface area (Å²) in [5.74, 6) is -4.19. The lowest BCUT2D eigenvalue weighted by Gasteiger charge is -2.06. The van der Waals surface area contributed by atoms with Crippen LogP contribution in [0.15, 0.2) is 0 Å². The number of nitrogens with two attached hydrogens (primary N) is 3. The molecule has 0 saturated carbocycles. The molecule has 0 aliphatic carbocycles. The summed E-state index contributed by atoms with van der Waals surface area (Å²) in [6.07, 6.45) is 1.26. The minimum atomic E-state index is -1.34. The fourth-order valence-corrected chi connectivity index (χ4v) is 0.990. The minimum absolute atomic E-state index is 0.0787. The van der Waals surface area contributed by atoms with Crippen molar-refractivity contribution in [3.8, 4) is 0 Å². The third-order valence-electron chi connectivity index (χ3n) is 2.65. The van der Waals surface area contributed by atoms with Gasteiger partial charge in [-0.1, -0.05) is 13.3 Å². The fraction of sp³-hybridized carbons (Fsp3) is 0.714. The van der Waals surface area contributed by atoms with E-state index in [9.17, 15) is 19.2 Å². The molecule has 0 spiro atoms. The van der Waals surface area contributed by atoms with E-state index in [4.69, 9.17) is 37.6 Å². The number of rotatable bonds is 9. The van der Waals surface area contributed by atoms with Crippen LogP contribution in [0.1, 0.15) is 39.5 Å². The van der Waals surface area contributed by atoms with Gasteiger partial charge in [0, 0.05) is 6.42 Å². The van der Waals surface area contributed by atoms with E-state index >= 15 is 0 Å². The monoisotopic (exact) mass is 367 g/mol. The van der Waals surface area contributed by atoms with Crippen LogP contribution < -0.4 is 17.2 Å². The van der Waals surface area contributed by atoms with E-state index in [2.05, 4.69) is 0 Å². The summed E-state index contributed by atoms with van der Waals surface area (Å²) in [5.41, 5.74) is 15.3. The molecule has 11 nitrogen and oxygen atoms in total. The zero-order valence-electron chi connectivity index (χ0n) is 14.4. The summed E-state index contributed by atoms with van der Waals surface area (Å²) >= 11 is 0. The first-order valence-corrected chi connectivity index (χ1v) is 7.53. The number of hydrogen-bond donors (Lipinski definition) is 7. The molecular formula is C14H29N3O8. The maximum absolute atomic E-state index is 10.1. The summed E-state index contributed by atoms with van der Waals surface area (Å²) in [5, 5.41) is 32.7. The third-order valence-corrected chi connectivity index (χ3v) is 2.65. The number of ketones is 1. The van der Waals surface area contributed by atoms with Gasteiger partial charge in [-0.15, -0.1) is 0 Å². The van der Waals surface area contributed by atoms with Gasteiger partial charge in [0.15, 0.2) is 0 Å².